The Balaban J connectivity index is 1.54. The summed E-state index contributed by atoms with van der Waals surface area (Å²) < 4.78 is 4.79. The molecule has 6 aromatic carbocycles. The Hall–Kier alpha value is -5.41. The van der Waals surface area contributed by atoms with Crippen molar-refractivity contribution >= 4 is 65.3 Å². The molecule has 0 bridgehead atoms. The molecule has 0 unspecified atom stereocenters. The molecular formula is C37H23N3. The predicted octanol–water partition coefficient (Wildman–Crippen LogP) is 9.58. The van der Waals surface area contributed by atoms with E-state index in [0.717, 1.165) is 27.8 Å². The van der Waals surface area contributed by atoms with Gasteiger partial charge in [-0.15, -0.1) is 0 Å². The number of benzene rings is 6. The second kappa shape index (κ2) is 8.05. The van der Waals surface area contributed by atoms with Crippen molar-refractivity contribution in [2.24, 2.45) is 0 Å². The zero-order valence-corrected chi connectivity index (χ0v) is 21.6. The van der Waals surface area contributed by atoms with Crippen LogP contribution in [0.1, 0.15) is 0 Å². The molecule has 0 amide bonds. The highest BCUT2D eigenvalue weighted by Crippen LogP contribution is 2.42. The zero-order valence-electron chi connectivity index (χ0n) is 21.6. The largest absolute Gasteiger partial charge is 0.309 e. The first kappa shape index (κ1) is 21.5. The minimum Gasteiger partial charge on any atom is -0.309 e. The van der Waals surface area contributed by atoms with Crippen LogP contribution in [-0.4, -0.2) is 14.1 Å². The van der Waals surface area contributed by atoms with E-state index in [2.05, 4.69) is 149 Å². The maximum absolute atomic E-state index is 5.22. The van der Waals surface area contributed by atoms with Gasteiger partial charge >= 0.3 is 0 Å². The van der Waals surface area contributed by atoms with Gasteiger partial charge in [-0.3, -0.25) is 4.98 Å². The molecule has 0 atom stereocenters. The number of aromatic nitrogens is 3. The highest BCUT2D eigenvalue weighted by Gasteiger charge is 2.21. The third-order valence-corrected chi connectivity index (χ3v) is 8.31. The van der Waals surface area contributed by atoms with Crippen molar-refractivity contribution < 1.29 is 0 Å². The van der Waals surface area contributed by atoms with Crippen LogP contribution in [-0.2, 0) is 0 Å². The van der Waals surface area contributed by atoms with Crippen molar-refractivity contribution in [3.05, 3.63) is 140 Å². The van der Waals surface area contributed by atoms with Gasteiger partial charge in [-0.1, -0.05) is 91.0 Å². The Kier molecular flexibility index (Phi) is 4.33. The molecule has 9 rings (SSSR count). The van der Waals surface area contributed by atoms with Crippen LogP contribution in [0.25, 0.3) is 76.7 Å². The molecule has 0 aliphatic carbocycles. The fourth-order valence-electron chi connectivity index (χ4n) is 6.66. The van der Waals surface area contributed by atoms with Gasteiger partial charge in [0.1, 0.15) is 0 Å². The number of hydrogen-bond donors (Lipinski definition) is 0. The van der Waals surface area contributed by atoms with Gasteiger partial charge in [0.15, 0.2) is 0 Å². The molecule has 186 valence electrons. The first-order chi connectivity index (χ1) is 19.9. The molecule has 3 aromatic heterocycles. The number of para-hydroxylation sites is 3. The first-order valence-corrected chi connectivity index (χ1v) is 13.7. The van der Waals surface area contributed by atoms with Gasteiger partial charge in [-0.2, -0.15) is 0 Å². The van der Waals surface area contributed by atoms with E-state index in [1.165, 1.54) is 48.9 Å². The van der Waals surface area contributed by atoms with Crippen molar-refractivity contribution in [3.8, 4) is 11.4 Å². The van der Waals surface area contributed by atoms with E-state index in [9.17, 15) is 0 Å². The van der Waals surface area contributed by atoms with E-state index in [0.29, 0.717) is 0 Å². The summed E-state index contributed by atoms with van der Waals surface area (Å²) in [4.78, 5) is 5.22. The average Bonchev–Trinajstić information content (AvgIpc) is 3.55. The highest BCUT2D eigenvalue weighted by molar-refractivity contribution is 6.28. The molecule has 3 nitrogen and oxygen atoms in total. The second-order valence-electron chi connectivity index (χ2n) is 10.4. The first-order valence-electron chi connectivity index (χ1n) is 13.7. The lowest BCUT2D eigenvalue weighted by Crippen LogP contribution is -1.97. The molecule has 0 fully saturated rings. The zero-order chi connectivity index (χ0) is 26.2. The van der Waals surface area contributed by atoms with E-state index in [1.807, 2.05) is 0 Å². The molecule has 3 heteroatoms. The summed E-state index contributed by atoms with van der Waals surface area (Å²) in [7, 11) is 0. The summed E-state index contributed by atoms with van der Waals surface area (Å²) in [6, 6.07) is 47.7. The van der Waals surface area contributed by atoms with Crippen LogP contribution in [0.15, 0.2) is 140 Å². The van der Waals surface area contributed by atoms with Gasteiger partial charge < -0.3 is 9.13 Å². The van der Waals surface area contributed by atoms with Gasteiger partial charge in [-0.25, -0.2) is 0 Å². The maximum Gasteiger partial charge on any atom is 0.0970 e. The molecule has 40 heavy (non-hydrogen) atoms. The summed E-state index contributed by atoms with van der Waals surface area (Å²) >= 11 is 0. The van der Waals surface area contributed by atoms with Gasteiger partial charge in [-0.05, 0) is 53.2 Å². The summed E-state index contributed by atoms with van der Waals surface area (Å²) in [6.07, 6.45) is 2.07. The van der Waals surface area contributed by atoms with Gasteiger partial charge in [0.25, 0.3) is 0 Å². The molecule has 0 aliphatic rings. The Morgan fingerprint density at radius 1 is 0.400 bits per heavy atom. The Bertz CT molecular complexity index is 2410. The summed E-state index contributed by atoms with van der Waals surface area (Å²) in [5, 5.41) is 8.52. The van der Waals surface area contributed by atoms with Crippen molar-refractivity contribution in [2.75, 3.05) is 0 Å². The van der Waals surface area contributed by atoms with Crippen molar-refractivity contribution in [2.45, 2.75) is 0 Å². The Morgan fingerprint density at radius 3 is 1.80 bits per heavy atom. The van der Waals surface area contributed by atoms with E-state index in [4.69, 9.17) is 4.98 Å². The molecule has 0 spiro atoms. The molecule has 0 aliphatic heterocycles. The van der Waals surface area contributed by atoms with E-state index < -0.39 is 0 Å². The topological polar surface area (TPSA) is 22.8 Å². The second-order valence-corrected chi connectivity index (χ2v) is 10.4. The SMILES string of the molecule is c1ccc(-n2c3ccccc3c3cnc4c(ccc5c6c7ccccc7ccc6n(-c6ccccc6)c54)c32)cc1. The lowest BCUT2D eigenvalue weighted by atomic mass is 10.0. The Morgan fingerprint density at radius 2 is 1.02 bits per heavy atom. The van der Waals surface area contributed by atoms with Crippen molar-refractivity contribution in [1.29, 1.82) is 0 Å². The third-order valence-electron chi connectivity index (χ3n) is 8.31. The number of fused-ring (bicyclic) bond motifs is 11. The number of nitrogens with zero attached hydrogens (tertiary/aromatic N) is 3. The van der Waals surface area contributed by atoms with Crippen LogP contribution in [0, 0.1) is 0 Å². The molecule has 0 radical (unpaired) electrons. The predicted molar refractivity (Wildman–Crippen MR) is 168 cm³/mol. The van der Waals surface area contributed by atoms with Crippen LogP contribution in [0.3, 0.4) is 0 Å². The minimum absolute atomic E-state index is 1.01. The number of hydrogen-bond acceptors (Lipinski definition) is 1. The number of pyridine rings is 1. The molecule has 0 saturated carbocycles. The summed E-state index contributed by atoms with van der Waals surface area (Å²) in [5.41, 5.74) is 8.00. The lowest BCUT2D eigenvalue weighted by Gasteiger charge is -2.12. The van der Waals surface area contributed by atoms with E-state index >= 15 is 0 Å². The van der Waals surface area contributed by atoms with Crippen LogP contribution < -0.4 is 0 Å². The molecule has 0 saturated heterocycles. The number of rotatable bonds is 2. The molecular weight excluding hydrogens is 486 g/mol. The molecule has 0 N–H and O–H groups in total. The summed E-state index contributed by atoms with van der Waals surface area (Å²) in [6.45, 7) is 0. The van der Waals surface area contributed by atoms with Gasteiger partial charge in [0.2, 0.25) is 0 Å². The van der Waals surface area contributed by atoms with Crippen LogP contribution in [0.4, 0.5) is 0 Å². The lowest BCUT2D eigenvalue weighted by molar-refractivity contribution is 1.18. The van der Waals surface area contributed by atoms with Crippen molar-refractivity contribution in [1.82, 2.24) is 14.1 Å². The monoisotopic (exact) mass is 509 g/mol. The highest BCUT2D eigenvalue weighted by atomic mass is 15.0. The summed E-state index contributed by atoms with van der Waals surface area (Å²) in [5.74, 6) is 0. The van der Waals surface area contributed by atoms with Crippen LogP contribution >= 0.6 is 0 Å². The molecule has 9 aromatic rings. The standard InChI is InChI=1S/C37H23N3/c1-3-12-25(13-4-1)39-32-18-10-9-17-28(32)31-23-38-35-30(36(31)39)21-20-29-34-27-16-8-7-11-24(27)19-22-33(34)40(37(29)35)26-14-5-2-6-15-26/h1-23H. The van der Waals surface area contributed by atoms with Gasteiger partial charge in [0, 0.05) is 44.5 Å². The van der Waals surface area contributed by atoms with Crippen molar-refractivity contribution in [3.63, 3.8) is 0 Å². The average molecular weight is 510 g/mol. The van der Waals surface area contributed by atoms with E-state index in [1.54, 1.807) is 0 Å². The normalized spacial score (nSPS) is 12.0. The minimum atomic E-state index is 1.01. The fraction of sp³-hybridized carbons (Fsp3) is 0. The Labute approximate surface area is 230 Å². The van der Waals surface area contributed by atoms with E-state index in [-0.39, 0.29) is 0 Å². The van der Waals surface area contributed by atoms with Crippen LogP contribution in [0.2, 0.25) is 0 Å². The fourth-order valence-corrected chi connectivity index (χ4v) is 6.66. The van der Waals surface area contributed by atoms with Crippen LogP contribution in [0.5, 0.6) is 0 Å². The third kappa shape index (κ3) is 2.81. The smallest absolute Gasteiger partial charge is 0.0970 e. The maximum atomic E-state index is 5.22. The van der Waals surface area contributed by atoms with Gasteiger partial charge in [0.05, 0.1) is 27.6 Å². The quantitative estimate of drug-likeness (QED) is 0.227. The molecule has 3 heterocycles.